The zero-order chi connectivity index (χ0) is 26.1. The predicted molar refractivity (Wildman–Crippen MR) is 129 cm³/mol. The van der Waals surface area contributed by atoms with Crippen LogP contribution < -0.4 is 10.6 Å². The molecule has 0 aromatic heterocycles. The molecule has 1 aromatic rings. The van der Waals surface area contributed by atoms with Crippen molar-refractivity contribution in [3.8, 4) is 0 Å². The normalized spacial score (nSPS) is 12.8. The van der Waals surface area contributed by atoms with E-state index in [2.05, 4.69) is 15.4 Å². The van der Waals surface area contributed by atoms with E-state index in [1.54, 1.807) is 27.7 Å². The first-order valence-corrected chi connectivity index (χ1v) is 11.5. The Morgan fingerprint density at radius 3 is 2.32 bits per heavy atom. The van der Waals surface area contributed by atoms with E-state index < -0.39 is 41.6 Å². The minimum atomic E-state index is -0.994. The van der Waals surface area contributed by atoms with Gasteiger partial charge in [0.15, 0.2) is 0 Å². The van der Waals surface area contributed by atoms with E-state index in [4.69, 9.17) is 4.74 Å². The first-order valence-electron chi connectivity index (χ1n) is 11.5. The Balaban J connectivity index is 3.36. The summed E-state index contributed by atoms with van der Waals surface area (Å²) in [4.78, 5) is 52.2. The first-order chi connectivity index (χ1) is 15.8. The predicted octanol–water partition coefficient (Wildman–Crippen LogP) is 3.18. The maximum Gasteiger partial charge on any atom is 0.408 e. The number of methoxy groups -OCH3 is 1. The molecule has 0 saturated heterocycles. The number of carbonyl (C=O) groups is 4. The third kappa shape index (κ3) is 9.03. The van der Waals surface area contributed by atoms with Gasteiger partial charge in [-0.3, -0.25) is 14.4 Å². The fourth-order valence-electron chi connectivity index (χ4n) is 3.32. The second-order valence-electron chi connectivity index (χ2n) is 9.31. The molecule has 34 heavy (non-hydrogen) atoms. The molecule has 0 heterocycles. The van der Waals surface area contributed by atoms with Crippen molar-refractivity contribution < 1.29 is 28.7 Å². The molecule has 0 aliphatic heterocycles. The number of esters is 1. The largest absolute Gasteiger partial charge is 0.468 e. The Kier molecular flexibility index (Phi) is 11.0. The summed E-state index contributed by atoms with van der Waals surface area (Å²) < 4.78 is 9.90. The summed E-state index contributed by atoms with van der Waals surface area (Å²) in [6, 6.07) is 3.73. The maximum absolute atomic E-state index is 13.5. The average molecular weight is 478 g/mol. The first kappa shape index (κ1) is 28.9. The van der Waals surface area contributed by atoms with Crippen molar-refractivity contribution in [3.05, 3.63) is 34.9 Å². The molecule has 0 radical (unpaired) electrons. The van der Waals surface area contributed by atoms with Crippen molar-refractivity contribution in [2.24, 2.45) is 0 Å². The Bertz CT molecular complexity index is 878. The topological polar surface area (TPSA) is 114 Å². The molecule has 0 saturated carbocycles. The summed E-state index contributed by atoms with van der Waals surface area (Å²) in [5.41, 5.74) is 1.68. The second kappa shape index (κ2) is 13.0. The summed E-state index contributed by atoms with van der Waals surface area (Å²) in [6.45, 7) is 12.5. The summed E-state index contributed by atoms with van der Waals surface area (Å²) in [5.74, 6) is -1.54. The van der Waals surface area contributed by atoms with E-state index in [0.717, 1.165) is 17.5 Å². The summed E-state index contributed by atoms with van der Waals surface area (Å²) in [7, 11) is 1.23. The molecule has 3 amide bonds. The van der Waals surface area contributed by atoms with Gasteiger partial charge in [0.2, 0.25) is 11.8 Å². The van der Waals surface area contributed by atoms with Crippen LogP contribution in [0.2, 0.25) is 0 Å². The molecule has 1 rings (SSSR count). The van der Waals surface area contributed by atoms with Gasteiger partial charge in [0, 0.05) is 6.54 Å². The van der Waals surface area contributed by atoms with Crippen LogP contribution in [-0.2, 0) is 23.9 Å². The fraction of sp³-hybridized carbons (Fsp3) is 0.600. The van der Waals surface area contributed by atoms with Gasteiger partial charge in [-0.1, -0.05) is 37.1 Å². The number of nitrogens with one attached hydrogen (secondary N) is 2. The summed E-state index contributed by atoms with van der Waals surface area (Å²) >= 11 is 0. The van der Waals surface area contributed by atoms with Crippen molar-refractivity contribution in [1.82, 2.24) is 15.5 Å². The van der Waals surface area contributed by atoms with Crippen molar-refractivity contribution in [2.45, 2.75) is 79.0 Å². The van der Waals surface area contributed by atoms with Crippen LogP contribution in [0.15, 0.2) is 18.2 Å². The van der Waals surface area contributed by atoms with Gasteiger partial charge in [-0.05, 0) is 59.1 Å². The van der Waals surface area contributed by atoms with Gasteiger partial charge in [0.1, 0.15) is 24.2 Å². The number of benzene rings is 1. The van der Waals surface area contributed by atoms with Crippen molar-refractivity contribution in [1.29, 1.82) is 0 Å². The zero-order valence-corrected chi connectivity index (χ0v) is 21.6. The average Bonchev–Trinajstić information content (AvgIpc) is 2.74. The molecule has 2 atom stereocenters. The minimum Gasteiger partial charge on any atom is -0.468 e. The highest BCUT2D eigenvalue weighted by Crippen LogP contribution is 2.27. The lowest BCUT2D eigenvalue weighted by Crippen LogP contribution is -2.52. The molecule has 9 heteroatoms. The Labute approximate surface area is 202 Å². The molecule has 9 nitrogen and oxygen atoms in total. The fourth-order valence-corrected chi connectivity index (χ4v) is 3.32. The molecule has 0 aliphatic rings. The molecule has 0 aliphatic carbocycles. The third-order valence-corrected chi connectivity index (χ3v) is 5.06. The van der Waals surface area contributed by atoms with Crippen LogP contribution in [0.3, 0.4) is 0 Å². The number of rotatable bonds is 10. The standard InChI is InChI=1S/C25H39N3O6/c1-9-10-13-28(23(31)18(4)27-24(32)34-25(5,6)7)21(22(30)26-15-20(29)33-8)19-14-16(2)11-12-17(19)3/h11-12,14,18,21H,9-10,13,15H2,1-8H3,(H,26,30)(H,27,32). The molecule has 2 N–H and O–H groups in total. The quantitative estimate of drug-likeness (QED) is 0.501. The number of ether oxygens (including phenoxy) is 2. The Morgan fingerprint density at radius 1 is 1.12 bits per heavy atom. The van der Waals surface area contributed by atoms with Gasteiger partial charge in [-0.25, -0.2) is 4.79 Å². The minimum absolute atomic E-state index is 0.291. The molecule has 1 aromatic carbocycles. The number of carbonyl (C=O) groups excluding carboxylic acids is 4. The molecule has 0 fully saturated rings. The van der Waals surface area contributed by atoms with Crippen LogP contribution in [0.25, 0.3) is 0 Å². The van der Waals surface area contributed by atoms with Gasteiger partial charge >= 0.3 is 12.1 Å². The molecule has 0 spiro atoms. The lowest BCUT2D eigenvalue weighted by atomic mass is 9.96. The van der Waals surface area contributed by atoms with E-state index in [1.807, 2.05) is 39.0 Å². The number of aryl methyl sites for hydroxylation is 2. The van der Waals surface area contributed by atoms with Crippen LogP contribution in [-0.4, -0.2) is 60.6 Å². The second-order valence-corrected chi connectivity index (χ2v) is 9.31. The van der Waals surface area contributed by atoms with E-state index in [1.165, 1.54) is 12.0 Å². The van der Waals surface area contributed by atoms with Crippen LogP contribution in [0, 0.1) is 13.8 Å². The van der Waals surface area contributed by atoms with Gasteiger partial charge < -0.3 is 25.0 Å². The highest BCUT2D eigenvalue weighted by molar-refractivity contribution is 5.93. The van der Waals surface area contributed by atoms with Crippen molar-refractivity contribution in [2.75, 3.05) is 20.2 Å². The van der Waals surface area contributed by atoms with E-state index in [-0.39, 0.29) is 6.54 Å². The van der Waals surface area contributed by atoms with Gasteiger partial charge in [0.05, 0.1) is 7.11 Å². The monoisotopic (exact) mass is 477 g/mol. The lowest BCUT2D eigenvalue weighted by Gasteiger charge is -2.34. The Hall–Kier alpha value is -3.10. The van der Waals surface area contributed by atoms with Crippen molar-refractivity contribution in [3.63, 3.8) is 0 Å². The molecular formula is C25H39N3O6. The number of hydrogen-bond donors (Lipinski definition) is 2. The highest BCUT2D eigenvalue weighted by Gasteiger charge is 2.35. The van der Waals surface area contributed by atoms with Crippen molar-refractivity contribution >= 4 is 23.9 Å². The SMILES string of the molecule is CCCCN(C(=O)C(C)NC(=O)OC(C)(C)C)C(C(=O)NCC(=O)OC)c1cc(C)ccc1C. The van der Waals surface area contributed by atoms with Gasteiger partial charge in [0.25, 0.3) is 0 Å². The van der Waals surface area contributed by atoms with Crippen LogP contribution >= 0.6 is 0 Å². The lowest BCUT2D eigenvalue weighted by molar-refractivity contribution is -0.144. The number of amides is 3. The van der Waals surface area contributed by atoms with E-state index in [0.29, 0.717) is 18.5 Å². The van der Waals surface area contributed by atoms with Gasteiger partial charge in [-0.15, -0.1) is 0 Å². The molecule has 2 unspecified atom stereocenters. The summed E-state index contributed by atoms with van der Waals surface area (Å²) in [5, 5.41) is 5.15. The summed E-state index contributed by atoms with van der Waals surface area (Å²) in [6.07, 6.45) is 0.722. The van der Waals surface area contributed by atoms with Crippen LogP contribution in [0.4, 0.5) is 4.79 Å². The number of alkyl carbamates (subject to hydrolysis) is 1. The maximum atomic E-state index is 13.5. The molecule has 0 bridgehead atoms. The number of unbranched alkanes of at least 4 members (excludes halogenated alkanes) is 1. The van der Waals surface area contributed by atoms with Crippen LogP contribution in [0.5, 0.6) is 0 Å². The number of nitrogens with zero attached hydrogens (tertiary/aromatic N) is 1. The number of hydrogen-bond acceptors (Lipinski definition) is 6. The molecule has 190 valence electrons. The molecular weight excluding hydrogens is 438 g/mol. The van der Waals surface area contributed by atoms with E-state index in [9.17, 15) is 19.2 Å². The van der Waals surface area contributed by atoms with Crippen LogP contribution in [0.1, 0.15) is 70.2 Å². The Morgan fingerprint density at radius 2 is 1.76 bits per heavy atom. The van der Waals surface area contributed by atoms with E-state index >= 15 is 0 Å². The third-order valence-electron chi connectivity index (χ3n) is 5.06. The van der Waals surface area contributed by atoms with Gasteiger partial charge in [-0.2, -0.15) is 0 Å². The zero-order valence-electron chi connectivity index (χ0n) is 21.6. The highest BCUT2D eigenvalue weighted by atomic mass is 16.6. The smallest absolute Gasteiger partial charge is 0.408 e.